The zero-order valence-corrected chi connectivity index (χ0v) is 10.9. The maximum atomic E-state index is 11.6. The fourth-order valence-electron chi connectivity index (χ4n) is 1.37. The smallest absolute Gasteiger partial charge is 0.311 e. The van der Waals surface area contributed by atoms with Crippen LogP contribution >= 0.6 is 11.3 Å². The predicted octanol–water partition coefficient (Wildman–Crippen LogP) is 2.65. The molecule has 1 atom stereocenters. The van der Waals surface area contributed by atoms with E-state index < -0.39 is 23.5 Å². The highest BCUT2D eigenvalue weighted by molar-refractivity contribution is 7.08. The molecular formula is C12H16O4S. The lowest BCUT2D eigenvalue weighted by Gasteiger charge is -2.20. The van der Waals surface area contributed by atoms with Crippen LogP contribution in [0.25, 0.3) is 0 Å². The van der Waals surface area contributed by atoms with Crippen molar-refractivity contribution in [1.29, 1.82) is 0 Å². The SMILES string of the molecule is CC(C)(C)OC(=O)C[C@@H](C(=O)O)c1ccsc1. The number of carbonyl (C=O) groups is 2. The van der Waals surface area contributed by atoms with Crippen LogP contribution in [0.4, 0.5) is 0 Å². The Bertz CT molecular complexity index is 389. The number of hydrogen-bond acceptors (Lipinski definition) is 4. The molecule has 0 aliphatic rings. The Balaban J connectivity index is 2.69. The second-order valence-corrected chi connectivity index (χ2v) is 5.52. The summed E-state index contributed by atoms with van der Waals surface area (Å²) in [4.78, 5) is 22.7. The lowest BCUT2D eigenvalue weighted by molar-refractivity contribution is -0.158. The van der Waals surface area contributed by atoms with E-state index in [1.807, 2.05) is 0 Å². The maximum Gasteiger partial charge on any atom is 0.311 e. The van der Waals surface area contributed by atoms with E-state index in [1.54, 1.807) is 37.6 Å². The Morgan fingerprint density at radius 1 is 1.47 bits per heavy atom. The van der Waals surface area contributed by atoms with E-state index in [0.29, 0.717) is 5.56 Å². The third-order valence-electron chi connectivity index (χ3n) is 2.03. The normalized spacial score (nSPS) is 13.1. The van der Waals surface area contributed by atoms with Crippen molar-refractivity contribution < 1.29 is 19.4 Å². The van der Waals surface area contributed by atoms with Crippen molar-refractivity contribution in [3.8, 4) is 0 Å². The maximum absolute atomic E-state index is 11.6. The number of aliphatic carboxylic acids is 1. The molecule has 5 heteroatoms. The first kappa shape index (κ1) is 13.7. The highest BCUT2D eigenvalue weighted by Gasteiger charge is 2.26. The van der Waals surface area contributed by atoms with Gasteiger partial charge in [0.25, 0.3) is 0 Å². The summed E-state index contributed by atoms with van der Waals surface area (Å²) in [7, 11) is 0. The first-order valence-electron chi connectivity index (χ1n) is 5.26. The van der Waals surface area contributed by atoms with Gasteiger partial charge in [-0.05, 0) is 43.2 Å². The molecule has 1 heterocycles. The van der Waals surface area contributed by atoms with Crippen LogP contribution in [0.2, 0.25) is 0 Å². The van der Waals surface area contributed by atoms with Crippen LogP contribution in [0, 0.1) is 0 Å². The fraction of sp³-hybridized carbons (Fsp3) is 0.500. The highest BCUT2D eigenvalue weighted by atomic mass is 32.1. The molecule has 4 nitrogen and oxygen atoms in total. The Morgan fingerprint density at radius 2 is 2.12 bits per heavy atom. The van der Waals surface area contributed by atoms with E-state index in [-0.39, 0.29) is 6.42 Å². The van der Waals surface area contributed by atoms with Gasteiger partial charge in [0.1, 0.15) is 5.60 Å². The molecule has 0 unspecified atom stereocenters. The number of hydrogen-bond donors (Lipinski definition) is 1. The highest BCUT2D eigenvalue weighted by Crippen LogP contribution is 2.24. The van der Waals surface area contributed by atoms with Crippen molar-refractivity contribution in [2.45, 2.75) is 38.7 Å². The van der Waals surface area contributed by atoms with E-state index in [2.05, 4.69) is 0 Å². The van der Waals surface area contributed by atoms with Gasteiger partial charge in [0.2, 0.25) is 0 Å². The Kier molecular flexibility index (Phi) is 4.28. The van der Waals surface area contributed by atoms with E-state index >= 15 is 0 Å². The largest absolute Gasteiger partial charge is 0.481 e. The van der Waals surface area contributed by atoms with E-state index in [0.717, 1.165) is 0 Å². The third-order valence-corrected chi connectivity index (χ3v) is 2.74. The van der Waals surface area contributed by atoms with Crippen molar-refractivity contribution in [2.75, 3.05) is 0 Å². The average Bonchev–Trinajstić information content (AvgIpc) is 2.63. The van der Waals surface area contributed by atoms with Gasteiger partial charge in [-0.2, -0.15) is 11.3 Å². The number of thiophene rings is 1. The zero-order chi connectivity index (χ0) is 13.1. The number of carboxylic acid groups (broad SMARTS) is 1. The van der Waals surface area contributed by atoms with Crippen molar-refractivity contribution in [3.05, 3.63) is 22.4 Å². The third kappa shape index (κ3) is 4.56. The van der Waals surface area contributed by atoms with Gasteiger partial charge in [0.15, 0.2) is 0 Å². The van der Waals surface area contributed by atoms with Gasteiger partial charge in [-0.15, -0.1) is 0 Å². The first-order valence-corrected chi connectivity index (χ1v) is 6.20. The fourth-order valence-corrected chi connectivity index (χ4v) is 2.09. The number of ether oxygens (including phenoxy) is 1. The van der Waals surface area contributed by atoms with E-state index in [1.165, 1.54) is 11.3 Å². The van der Waals surface area contributed by atoms with Crippen molar-refractivity contribution in [2.24, 2.45) is 0 Å². The molecule has 0 aliphatic carbocycles. The monoisotopic (exact) mass is 256 g/mol. The Hall–Kier alpha value is -1.36. The minimum atomic E-state index is -1.01. The lowest BCUT2D eigenvalue weighted by atomic mass is 9.99. The molecule has 0 fully saturated rings. The van der Waals surface area contributed by atoms with Crippen LogP contribution in [0.5, 0.6) is 0 Å². The summed E-state index contributed by atoms with van der Waals surface area (Å²) in [5.41, 5.74) is 0.0581. The van der Waals surface area contributed by atoms with Gasteiger partial charge in [-0.1, -0.05) is 0 Å². The summed E-state index contributed by atoms with van der Waals surface area (Å²) < 4.78 is 5.12. The molecule has 0 saturated carbocycles. The van der Waals surface area contributed by atoms with E-state index in [4.69, 9.17) is 9.84 Å². The van der Waals surface area contributed by atoms with E-state index in [9.17, 15) is 9.59 Å². The van der Waals surface area contributed by atoms with Gasteiger partial charge >= 0.3 is 11.9 Å². The Morgan fingerprint density at radius 3 is 2.53 bits per heavy atom. The molecule has 0 aromatic carbocycles. The van der Waals surface area contributed by atoms with Gasteiger partial charge in [0, 0.05) is 0 Å². The zero-order valence-electron chi connectivity index (χ0n) is 10.1. The molecule has 0 bridgehead atoms. The molecule has 0 spiro atoms. The van der Waals surface area contributed by atoms with Crippen molar-refractivity contribution in [3.63, 3.8) is 0 Å². The molecule has 0 saturated heterocycles. The molecule has 1 aromatic rings. The standard InChI is InChI=1S/C12H16O4S/c1-12(2,3)16-10(13)6-9(11(14)15)8-4-5-17-7-8/h4-5,7,9H,6H2,1-3H3,(H,14,15)/t9-/m1/s1. The van der Waals surface area contributed by atoms with Crippen LogP contribution in [-0.2, 0) is 14.3 Å². The molecule has 0 aliphatic heterocycles. The minimum Gasteiger partial charge on any atom is -0.481 e. The second-order valence-electron chi connectivity index (χ2n) is 4.74. The quantitative estimate of drug-likeness (QED) is 0.841. The van der Waals surface area contributed by atoms with Crippen molar-refractivity contribution >= 4 is 23.3 Å². The molecule has 1 aromatic heterocycles. The molecule has 1 N–H and O–H groups in total. The van der Waals surface area contributed by atoms with Crippen molar-refractivity contribution in [1.82, 2.24) is 0 Å². The Labute approximate surface area is 104 Å². The summed E-state index contributed by atoms with van der Waals surface area (Å²) >= 11 is 1.41. The molecule has 0 amide bonds. The van der Waals surface area contributed by atoms with Gasteiger partial charge in [-0.25, -0.2) is 0 Å². The predicted molar refractivity (Wildman–Crippen MR) is 65.2 cm³/mol. The van der Waals surface area contributed by atoms with Crippen LogP contribution in [-0.4, -0.2) is 22.6 Å². The van der Waals surface area contributed by atoms with Crippen LogP contribution in [0.3, 0.4) is 0 Å². The van der Waals surface area contributed by atoms with Gasteiger partial charge in [-0.3, -0.25) is 9.59 Å². The summed E-state index contributed by atoms with van der Waals surface area (Å²) in [5, 5.41) is 12.6. The summed E-state index contributed by atoms with van der Waals surface area (Å²) in [6.45, 7) is 5.27. The second kappa shape index (κ2) is 5.31. The summed E-state index contributed by atoms with van der Waals surface area (Å²) in [6, 6.07) is 1.72. The van der Waals surface area contributed by atoms with Crippen LogP contribution in [0.15, 0.2) is 16.8 Å². The number of carbonyl (C=O) groups excluding carboxylic acids is 1. The van der Waals surface area contributed by atoms with Gasteiger partial charge < -0.3 is 9.84 Å². The molecule has 1 rings (SSSR count). The number of carboxylic acids is 1. The minimum absolute atomic E-state index is 0.136. The average molecular weight is 256 g/mol. The molecule has 94 valence electrons. The molecular weight excluding hydrogens is 240 g/mol. The van der Waals surface area contributed by atoms with Crippen LogP contribution < -0.4 is 0 Å². The number of rotatable bonds is 4. The summed E-state index contributed by atoms with van der Waals surface area (Å²) in [6.07, 6.45) is -0.136. The van der Waals surface area contributed by atoms with Gasteiger partial charge in [0.05, 0.1) is 12.3 Å². The first-order chi connectivity index (χ1) is 7.79. The summed E-state index contributed by atoms with van der Waals surface area (Å²) in [5.74, 6) is -2.32. The van der Waals surface area contributed by atoms with Crippen LogP contribution in [0.1, 0.15) is 38.7 Å². The topological polar surface area (TPSA) is 63.6 Å². The lowest BCUT2D eigenvalue weighted by Crippen LogP contribution is -2.26. The number of esters is 1. The molecule has 17 heavy (non-hydrogen) atoms. The molecule has 0 radical (unpaired) electrons.